The first-order valence-corrected chi connectivity index (χ1v) is 15.5. The van der Waals surface area contributed by atoms with Gasteiger partial charge in [-0.2, -0.15) is 0 Å². The molecule has 56 heavy (non-hydrogen) atoms. The third-order valence-electron chi connectivity index (χ3n) is 9.52. The fourth-order valence-electron chi connectivity index (χ4n) is 7.14. The first-order valence-electron chi connectivity index (χ1n) is 15.5. The highest BCUT2D eigenvalue weighted by Gasteiger charge is 2.35. The molecule has 0 aliphatic carbocycles. The molecule has 8 aromatic rings. The van der Waals surface area contributed by atoms with Crippen molar-refractivity contribution in [3.63, 3.8) is 0 Å². The molecule has 19 heteroatoms. The van der Waals surface area contributed by atoms with Crippen LogP contribution in [0.15, 0.2) is 30.6 Å². The third-order valence-corrected chi connectivity index (χ3v) is 9.52. The van der Waals surface area contributed by atoms with Gasteiger partial charge in [0.1, 0.15) is 5.82 Å². The number of aromatic amines is 2. The molecule has 0 saturated carbocycles. The SMILES string of the molecule is Fc1c(F)c(F)c(-c2c3nc(n4ccc5c(-c6c(F)c(F)c(F)c(F)c6F)c6c[nH]c(c(-c7c(F)c(F)c(F)c(F)c7F)c7ccc2[nH]7)c6c54)C=C3)c(F)c1F. The van der Waals surface area contributed by atoms with E-state index in [1.54, 1.807) is 0 Å². The van der Waals surface area contributed by atoms with Crippen molar-refractivity contribution in [1.82, 2.24) is 19.4 Å². The lowest BCUT2D eigenvalue weighted by molar-refractivity contribution is 0.381. The van der Waals surface area contributed by atoms with Crippen LogP contribution in [0, 0.1) is 87.3 Å². The number of hydrogen-bond donors (Lipinski definition) is 2. The van der Waals surface area contributed by atoms with Crippen LogP contribution < -0.4 is 0 Å². The van der Waals surface area contributed by atoms with E-state index in [2.05, 4.69) is 15.0 Å². The summed E-state index contributed by atoms with van der Waals surface area (Å²) >= 11 is 0. The van der Waals surface area contributed by atoms with Crippen molar-refractivity contribution in [2.75, 3.05) is 0 Å². The summed E-state index contributed by atoms with van der Waals surface area (Å²) in [6.07, 6.45) is 4.15. The summed E-state index contributed by atoms with van der Waals surface area (Å²) in [5, 5.41) is -1.11. The van der Waals surface area contributed by atoms with Crippen LogP contribution in [0.3, 0.4) is 0 Å². The highest BCUT2D eigenvalue weighted by Crippen LogP contribution is 2.49. The van der Waals surface area contributed by atoms with E-state index in [4.69, 9.17) is 0 Å². The van der Waals surface area contributed by atoms with Gasteiger partial charge in [-0.25, -0.2) is 70.8 Å². The van der Waals surface area contributed by atoms with Crippen molar-refractivity contribution in [2.24, 2.45) is 0 Å². The fourth-order valence-corrected chi connectivity index (χ4v) is 7.14. The van der Waals surface area contributed by atoms with Crippen LogP contribution >= 0.6 is 0 Å². The average Bonchev–Trinajstić information content (AvgIpc) is 4.03. The zero-order chi connectivity index (χ0) is 40.0. The maximum absolute atomic E-state index is 15.8. The lowest BCUT2D eigenvalue weighted by Gasteiger charge is -2.11. The molecule has 4 aromatic heterocycles. The van der Waals surface area contributed by atoms with E-state index < -0.39 is 148 Å². The number of halogens is 15. The summed E-state index contributed by atoms with van der Waals surface area (Å²) in [4.78, 5) is 9.24. The molecule has 4 bridgehead atoms. The molecule has 0 atom stereocenters. The monoisotopic (exact) mass is 794 g/mol. The molecule has 4 aromatic carbocycles. The van der Waals surface area contributed by atoms with Gasteiger partial charge in [-0.05, 0) is 30.4 Å². The Bertz CT molecular complexity index is 3120. The molecule has 9 rings (SSSR count). The minimum Gasteiger partial charge on any atom is -0.360 e. The fraction of sp³-hybridized carbons (Fsp3) is 0. The van der Waals surface area contributed by atoms with Gasteiger partial charge in [0.25, 0.3) is 0 Å². The molecule has 0 spiro atoms. The topological polar surface area (TPSA) is 48.9 Å². The molecule has 282 valence electrons. The molecular weight excluding hydrogens is 785 g/mol. The van der Waals surface area contributed by atoms with Crippen LogP contribution in [0.25, 0.3) is 83.8 Å². The molecule has 1 aliphatic rings. The van der Waals surface area contributed by atoms with E-state index in [1.165, 1.54) is 0 Å². The van der Waals surface area contributed by atoms with Crippen LogP contribution in [0.1, 0.15) is 11.5 Å². The van der Waals surface area contributed by atoms with Crippen molar-refractivity contribution in [3.8, 4) is 33.4 Å². The highest BCUT2D eigenvalue weighted by molar-refractivity contribution is 6.29. The van der Waals surface area contributed by atoms with E-state index in [-0.39, 0.29) is 22.1 Å². The summed E-state index contributed by atoms with van der Waals surface area (Å²) in [5.74, 6) is -36.5. The quantitative estimate of drug-likeness (QED) is 0.104. The number of rotatable bonds is 3. The largest absolute Gasteiger partial charge is 0.360 e. The van der Waals surface area contributed by atoms with Gasteiger partial charge in [-0.1, -0.05) is 0 Å². The number of fused-ring (bicyclic) bond motifs is 5. The number of nitrogens with zero attached hydrogens (tertiary/aromatic N) is 2. The first kappa shape index (κ1) is 35.1. The molecule has 0 unspecified atom stereocenters. The molecular formula is C37H9F15N4. The Labute approximate surface area is 298 Å². The molecule has 0 saturated heterocycles. The van der Waals surface area contributed by atoms with Gasteiger partial charge in [0.15, 0.2) is 69.8 Å². The third kappa shape index (κ3) is 4.32. The average molecular weight is 794 g/mol. The van der Waals surface area contributed by atoms with E-state index in [9.17, 15) is 39.5 Å². The van der Waals surface area contributed by atoms with E-state index in [1.807, 2.05) is 0 Å². The predicted molar refractivity (Wildman–Crippen MR) is 170 cm³/mol. The lowest BCUT2D eigenvalue weighted by atomic mass is 10.0. The minimum atomic E-state index is -2.58. The van der Waals surface area contributed by atoms with E-state index in [0.29, 0.717) is 0 Å². The number of hydrogen-bond acceptors (Lipinski definition) is 1. The first-order chi connectivity index (χ1) is 26.6. The molecule has 4 nitrogen and oxygen atoms in total. The van der Waals surface area contributed by atoms with Crippen LogP contribution in [-0.4, -0.2) is 19.4 Å². The van der Waals surface area contributed by atoms with Crippen LogP contribution in [0.4, 0.5) is 65.9 Å². The maximum Gasteiger partial charge on any atom is 0.200 e. The summed E-state index contributed by atoms with van der Waals surface area (Å²) in [7, 11) is 0. The Morgan fingerprint density at radius 1 is 0.429 bits per heavy atom. The van der Waals surface area contributed by atoms with Crippen LogP contribution in [0.5, 0.6) is 0 Å². The molecule has 0 radical (unpaired) electrons. The number of aromatic nitrogens is 4. The Morgan fingerprint density at radius 2 is 0.857 bits per heavy atom. The summed E-state index contributed by atoms with van der Waals surface area (Å²) in [5.41, 5.74) is -9.95. The zero-order valence-electron chi connectivity index (χ0n) is 26.6. The van der Waals surface area contributed by atoms with E-state index >= 15 is 26.3 Å². The Balaban J connectivity index is 1.58. The molecule has 1 aliphatic heterocycles. The maximum atomic E-state index is 15.8. The van der Waals surface area contributed by atoms with Gasteiger partial charge >= 0.3 is 0 Å². The Morgan fingerprint density at radius 3 is 1.36 bits per heavy atom. The molecule has 0 amide bonds. The molecule has 2 N–H and O–H groups in total. The van der Waals surface area contributed by atoms with Crippen molar-refractivity contribution < 1.29 is 65.9 Å². The van der Waals surface area contributed by atoms with Gasteiger partial charge < -0.3 is 14.4 Å². The highest BCUT2D eigenvalue weighted by atomic mass is 19.2. The van der Waals surface area contributed by atoms with Gasteiger partial charge in [-0.3, -0.25) is 0 Å². The van der Waals surface area contributed by atoms with Crippen molar-refractivity contribution in [1.29, 1.82) is 0 Å². The van der Waals surface area contributed by atoms with Crippen molar-refractivity contribution >= 4 is 50.4 Å². The van der Waals surface area contributed by atoms with E-state index in [0.717, 1.165) is 47.1 Å². The van der Waals surface area contributed by atoms with Gasteiger partial charge in [0.2, 0.25) is 17.5 Å². The number of benzene rings is 3. The summed E-state index contributed by atoms with van der Waals surface area (Å²) < 4.78 is 225. The van der Waals surface area contributed by atoms with Crippen LogP contribution in [0.2, 0.25) is 0 Å². The Hall–Kier alpha value is -6.66. The number of nitrogens with one attached hydrogen (secondary N) is 2. The smallest absolute Gasteiger partial charge is 0.200 e. The van der Waals surface area contributed by atoms with Gasteiger partial charge in [0, 0.05) is 56.3 Å². The second-order valence-electron chi connectivity index (χ2n) is 12.3. The van der Waals surface area contributed by atoms with Gasteiger partial charge in [-0.15, -0.1) is 0 Å². The van der Waals surface area contributed by atoms with Crippen molar-refractivity contribution in [3.05, 3.63) is 129 Å². The normalized spacial score (nSPS) is 12.5. The van der Waals surface area contributed by atoms with Crippen molar-refractivity contribution in [2.45, 2.75) is 0 Å². The zero-order valence-corrected chi connectivity index (χ0v) is 26.6. The molecule has 0 fully saturated rings. The molecule has 5 heterocycles. The number of H-pyrrole nitrogens is 2. The van der Waals surface area contributed by atoms with Gasteiger partial charge in [0.05, 0.1) is 33.4 Å². The standard InChI is InChI=1S/C37H9F15N4/c38-21-18(22(39)28(45)33(50)27(21)44)14-8-5-6-56-13-4-3-11(55-13)16(19-23(40)29(46)34(51)30(47)24(19)41)10-1-2-12(54-10)17(36-15(37(8)56)9(14)7-53-36)20-25(42)31(48)35(52)32(49)26(20)43/h1-7,53-54H. The second kappa shape index (κ2) is 11.7. The second-order valence-corrected chi connectivity index (χ2v) is 12.3. The predicted octanol–water partition coefficient (Wildman–Crippen LogP) is 11.6. The summed E-state index contributed by atoms with van der Waals surface area (Å²) in [6.45, 7) is 0. The Kier molecular flexibility index (Phi) is 7.31. The summed E-state index contributed by atoms with van der Waals surface area (Å²) in [6, 6.07) is 2.84. The van der Waals surface area contributed by atoms with Crippen LogP contribution in [-0.2, 0) is 0 Å². The lowest BCUT2D eigenvalue weighted by Crippen LogP contribution is -2.05. The minimum absolute atomic E-state index is 0.287.